The van der Waals surface area contributed by atoms with E-state index in [1.165, 1.54) is 11.0 Å². The van der Waals surface area contributed by atoms with E-state index in [-0.39, 0.29) is 37.4 Å². The normalized spacial score (nSPS) is 16.1. The van der Waals surface area contributed by atoms with Crippen molar-refractivity contribution in [1.82, 2.24) is 14.7 Å². The molecule has 1 N–H and O–H groups in total. The first-order valence-electron chi connectivity index (χ1n) is 11.4. The van der Waals surface area contributed by atoms with Crippen LogP contribution in [-0.4, -0.2) is 83.4 Å². The van der Waals surface area contributed by atoms with Crippen molar-refractivity contribution in [2.75, 3.05) is 39.3 Å². The van der Waals surface area contributed by atoms with E-state index >= 15 is 0 Å². The fourth-order valence-electron chi connectivity index (χ4n) is 3.86. The zero-order valence-corrected chi connectivity index (χ0v) is 20.6. The second-order valence-electron chi connectivity index (χ2n) is 8.14. The highest BCUT2D eigenvalue weighted by Crippen LogP contribution is 2.23. The molecule has 9 heteroatoms. The molecule has 182 valence electrons. The molecular weight excluding hydrogens is 465 g/mol. The third-order valence-corrected chi connectivity index (χ3v) is 6.48. The summed E-state index contributed by atoms with van der Waals surface area (Å²) in [7, 11) is 0. The Balaban J connectivity index is 1.88. The molecule has 33 heavy (non-hydrogen) atoms. The highest BCUT2D eigenvalue weighted by atomic mass is 35.5. The minimum Gasteiger partial charge on any atom is -0.394 e. The van der Waals surface area contributed by atoms with Crippen molar-refractivity contribution < 1.29 is 19.5 Å². The number of nitrogens with zero attached hydrogens (tertiary/aromatic N) is 3. The molecule has 1 heterocycles. The van der Waals surface area contributed by atoms with Crippen LogP contribution in [0.5, 0.6) is 0 Å². The molecular formula is C24H33Cl2N3O4. The predicted molar refractivity (Wildman–Crippen MR) is 131 cm³/mol. The molecule has 3 amide bonds. The van der Waals surface area contributed by atoms with Crippen LogP contribution in [0.4, 0.5) is 0 Å². The van der Waals surface area contributed by atoms with E-state index in [0.717, 1.165) is 31.2 Å². The number of aliphatic hydroxyl groups excluding tert-OH is 1. The summed E-state index contributed by atoms with van der Waals surface area (Å²) >= 11 is 11.9. The fraction of sp³-hybridized carbons (Fsp3) is 0.542. The molecule has 0 aliphatic carbocycles. The average Bonchev–Trinajstić information content (AvgIpc) is 2.83. The topological polar surface area (TPSA) is 81.2 Å². The molecule has 1 fully saturated rings. The summed E-state index contributed by atoms with van der Waals surface area (Å²) in [6, 6.07) is 5.01. The average molecular weight is 498 g/mol. The summed E-state index contributed by atoms with van der Waals surface area (Å²) in [5.41, 5.74) is 0.765. The Bertz CT molecular complexity index is 834. The standard InChI is InChI=1S/C24H33Cl2N3O4/c1-2-11-28(23(32)9-7-19-6-8-21(25)22(26)16-19)15-14-27(18-31)13-10-24(33)29-12-4-3-5-20(29)17-30/h6-9,16,18,20,30H,2-5,10-15,17H2,1H3/b9-7+. The zero-order valence-electron chi connectivity index (χ0n) is 19.1. The minimum atomic E-state index is -0.163. The Hall–Kier alpha value is -2.09. The van der Waals surface area contributed by atoms with Gasteiger partial charge in [0, 0.05) is 45.2 Å². The van der Waals surface area contributed by atoms with Crippen molar-refractivity contribution in [2.45, 2.75) is 45.1 Å². The van der Waals surface area contributed by atoms with Crippen LogP contribution in [0.25, 0.3) is 6.08 Å². The van der Waals surface area contributed by atoms with E-state index in [1.54, 1.807) is 34.1 Å². The molecule has 1 aliphatic heterocycles. The molecule has 1 unspecified atom stereocenters. The van der Waals surface area contributed by atoms with Crippen LogP contribution in [0.2, 0.25) is 10.0 Å². The summed E-state index contributed by atoms with van der Waals surface area (Å²) in [6.07, 6.45) is 7.61. The van der Waals surface area contributed by atoms with Gasteiger partial charge in [-0.25, -0.2) is 0 Å². The smallest absolute Gasteiger partial charge is 0.246 e. The van der Waals surface area contributed by atoms with Gasteiger partial charge < -0.3 is 19.8 Å². The second-order valence-corrected chi connectivity index (χ2v) is 8.96. The lowest BCUT2D eigenvalue weighted by molar-refractivity contribution is -0.136. The highest BCUT2D eigenvalue weighted by Gasteiger charge is 2.26. The van der Waals surface area contributed by atoms with Crippen LogP contribution in [-0.2, 0) is 14.4 Å². The molecule has 0 aromatic heterocycles. The summed E-state index contributed by atoms with van der Waals surface area (Å²) in [5, 5.41) is 10.4. The van der Waals surface area contributed by atoms with Crippen LogP contribution in [0, 0.1) is 0 Å². The van der Waals surface area contributed by atoms with Gasteiger partial charge in [0.2, 0.25) is 18.2 Å². The van der Waals surface area contributed by atoms with Crippen LogP contribution in [0.3, 0.4) is 0 Å². The SMILES string of the molecule is CCCN(CCN(C=O)CCC(=O)N1CCCCC1CO)C(=O)/C=C/c1ccc(Cl)c(Cl)c1. The van der Waals surface area contributed by atoms with Crippen LogP contribution < -0.4 is 0 Å². The van der Waals surface area contributed by atoms with Gasteiger partial charge in [0.05, 0.1) is 22.7 Å². The van der Waals surface area contributed by atoms with Gasteiger partial charge in [0.25, 0.3) is 0 Å². The number of hydrogen-bond acceptors (Lipinski definition) is 4. The van der Waals surface area contributed by atoms with Gasteiger partial charge >= 0.3 is 0 Å². The fourth-order valence-corrected chi connectivity index (χ4v) is 4.17. The lowest BCUT2D eigenvalue weighted by Gasteiger charge is -2.35. The number of carbonyl (C=O) groups excluding carboxylic acids is 3. The maximum Gasteiger partial charge on any atom is 0.246 e. The molecule has 7 nitrogen and oxygen atoms in total. The van der Waals surface area contributed by atoms with Crippen molar-refractivity contribution in [2.24, 2.45) is 0 Å². The first-order chi connectivity index (χ1) is 15.9. The molecule has 0 spiro atoms. The van der Waals surface area contributed by atoms with Crippen LogP contribution in [0.1, 0.15) is 44.6 Å². The van der Waals surface area contributed by atoms with E-state index in [2.05, 4.69) is 0 Å². The quantitative estimate of drug-likeness (QED) is 0.354. The zero-order chi connectivity index (χ0) is 24.2. The van der Waals surface area contributed by atoms with Gasteiger partial charge in [-0.3, -0.25) is 14.4 Å². The Morgan fingerprint density at radius 2 is 1.94 bits per heavy atom. The number of carbonyl (C=O) groups is 3. The van der Waals surface area contributed by atoms with Gasteiger partial charge in [0.15, 0.2) is 0 Å². The predicted octanol–water partition coefficient (Wildman–Crippen LogP) is 3.47. The van der Waals surface area contributed by atoms with Crippen LogP contribution >= 0.6 is 23.2 Å². The Morgan fingerprint density at radius 1 is 1.15 bits per heavy atom. The van der Waals surface area contributed by atoms with E-state index < -0.39 is 0 Å². The van der Waals surface area contributed by atoms with Crippen molar-refractivity contribution >= 4 is 47.5 Å². The third kappa shape index (κ3) is 8.65. The van der Waals surface area contributed by atoms with E-state index in [1.807, 2.05) is 6.92 Å². The number of piperidine rings is 1. The molecule has 1 saturated heterocycles. The number of aliphatic hydroxyl groups is 1. The Kier molecular flexibility index (Phi) is 11.7. The lowest BCUT2D eigenvalue weighted by atomic mass is 10.0. The van der Waals surface area contributed by atoms with Gasteiger partial charge in [0.1, 0.15) is 0 Å². The molecule has 0 saturated carbocycles. The number of hydrogen-bond donors (Lipinski definition) is 1. The van der Waals surface area contributed by atoms with E-state index in [9.17, 15) is 19.5 Å². The highest BCUT2D eigenvalue weighted by molar-refractivity contribution is 6.42. The van der Waals surface area contributed by atoms with Gasteiger partial charge in [-0.1, -0.05) is 36.2 Å². The monoisotopic (exact) mass is 497 g/mol. The first-order valence-corrected chi connectivity index (χ1v) is 12.2. The summed E-state index contributed by atoms with van der Waals surface area (Å²) in [4.78, 5) is 41.7. The third-order valence-electron chi connectivity index (χ3n) is 5.74. The number of likely N-dealkylation sites (tertiary alicyclic amines) is 1. The van der Waals surface area contributed by atoms with Gasteiger partial charge in [-0.2, -0.15) is 0 Å². The molecule has 1 atom stereocenters. The van der Waals surface area contributed by atoms with Crippen LogP contribution in [0.15, 0.2) is 24.3 Å². The van der Waals surface area contributed by atoms with Crippen molar-refractivity contribution in [3.05, 3.63) is 39.9 Å². The maximum absolute atomic E-state index is 12.7. The Labute approximate surface area is 205 Å². The number of amides is 3. The molecule has 2 rings (SSSR count). The summed E-state index contributed by atoms with van der Waals surface area (Å²) in [6.45, 7) is 4.14. The van der Waals surface area contributed by atoms with Crippen molar-refractivity contribution in [1.29, 1.82) is 0 Å². The van der Waals surface area contributed by atoms with Crippen molar-refractivity contribution in [3.8, 4) is 0 Å². The largest absolute Gasteiger partial charge is 0.394 e. The number of halogens is 2. The molecule has 0 radical (unpaired) electrons. The lowest BCUT2D eigenvalue weighted by Crippen LogP contribution is -2.46. The van der Waals surface area contributed by atoms with E-state index in [0.29, 0.717) is 42.6 Å². The molecule has 0 bridgehead atoms. The summed E-state index contributed by atoms with van der Waals surface area (Å²) < 4.78 is 0. The summed E-state index contributed by atoms with van der Waals surface area (Å²) in [5.74, 6) is -0.212. The van der Waals surface area contributed by atoms with E-state index in [4.69, 9.17) is 23.2 Å². The number of benzene rings is 1. The molecule has 1 aromatic carbocycles. The van der Waals surface area contributed by atoms with Gasteiger partial charge in [-0.15, -0.1) is 0 Å². The van der Waals surface area contributed by atoms with Crippen molar-refractivity contribution in [3.63, 3.8) is 0 Å². The number of rotatable bonds is 12. The van der Waals surface area contributed by atoms with Gasteiger partial charge in [-0.05, 0) is 49.5 Å². The minimum absolute atomic E-state index is 0.0348. The maximum atomic E-state index is 12.7. The molecule has 1 aliphatic rings. The second kappa shape index (κ2) is 14.2. The Morgan fingerprint density at radius 3 is 2.61 bits per heavy atom. The molecule has 1 aromatic rings. The first kappa shape index (κ1) is 27.2.